The number of carbonyl (C=O) groups excluding carboxylic acids is 1. The van der Waals surface area contributed by atoms with Crippen molar-refractivity contribution in [3.05, 3.63) is 35.1 Å². The number of rotatable bonds is 2. The van der Waals surface area contributed by atoms with Gasteiger partial charge in [0, 0.05) is 12.5 Å². The second-order valence-corrected chi connectivity index (χ2v) is 3.06. The lowest BCUT2D eigenvalue weighted by molar-refractivity contribution is -0.142. The summed E-state index contributed by atoms with van der Waals surface area (Å²) in [7, 11) is 0. The molecule has 0 aliphatic rings. The molecule has 2 nitrogen and oxygen atoms in total. The van der Waals surface area contributed by atoms with E-state index in [-0.39, 0.29) is 5.56 Å². The van der Waals surface area contributed by atoms with Gasteiger partial charge in [0.05, 0.1) is 5.56 Å². The summed E-state index contributed by atoms with van der Waals surface area (Å²) in [4.78, 5) is 10.4. The third kappa shape index (κ3) is 2.95. The molecule has 88 valence electrons. The van der Waals surface area contributed by atoms with Crippen molar-refractivity contribution in [1.29, 1.82) is 0 Å². The molecule has 0 saturated heterocycles. The Bertz CT molecular complexity index is 398. The molecule has 0 amide bonds. The van der Waals surface area contributed by atoms with Crippen molar-refractivity contribution in [2.45, 2.75) is 19.7 Å². The monoisotopic (exact) mass is 236 g/mol. The first-order chi connectivity index (χ1) is 7.32. The average molecular weight is 236 g/mol. The van der Waals surface area contributed by atoms with Gasteiger partial charge < -0.3 is 4.74 Å². The molecule has 0 aromatic heterocycles. The van der Waals surface area contributed by atoms with Crippen molar-refractivity contribution in [3.8, 4) is 0 Å². The molecule has 0 heterocycles. The number of ether oxygens (including phenoxy) is 1. The molecule has 6 heteroatoms. The fourth-order valence-corrected chi connectivity index (χ4v) is 1.09. The summed E-state index contributed by atoms with van der Waals surface area (Å²) in [6.45, 7) is 0.580. The van der Waals surface area contributed by atoms with Gasteiger partial charge in [0.15, 0.2) is 0 Å². The van der Waals surface area contributed by atoms with Crippen molar-refractivity contribution in [2.24, 2.45) is 0 Å². The molecule has 0 aliphatic carbocycles. The molecule has 16 heavy (non-hydrogen) atoms. The van der Waals surface area contributed by atoms with Gasteiger partial charge in [0.25, 0.3) is 0 Å². The Morgan fingerprint density at radius 2 is 2.00 bits per heavy atom. The Morgan fingerprint density at radius 1 is 1.38 bits per heavy atom. The second kappa shape index (κ2) is 4.51. The van der Waals surface area contributed by atoms with Gasteiger partial charge >= 0.3 is 12.1 Å². The first kappa shape index (κ1) is 12.5. The Hall–Kier alpha value is -1.59. The largest absolute Gasteiger partial charge is 0.461 e. The van der Waals surface area contributed by atoms with E-state index in [1.165, 1.54) is 0 Å². The highest BCUT2D eigenvalue weighted by molar-refractivity contribution is 5.65. The maximum absolute atomic E-state index is 13.3. The van der Waals surface area contributed by atoms with Crippen LogP contribution < -0.4 is 0 Å². The summed E-state index contributed by atoms with van der Waals surface area (Å²) in [6, 6.07) is 2.82. The maximum atomic E-state index is 13.3. The quantitative estimate of drug-likeness (QED) is 0.583. The van der Waals surface area contributed by atoms with Crippen molar-refractivity contribution in [2.75, 3.05) is 0 Å². The van der Waals surface area contributed by atoms with Crippen molar-refractivity contribution in [1.82, 2.24) is 0 Å². The molecule has 0 fully saturated rings. The lowest BCUT2D eigenvalue weighted by Gasteiger charge is -2.10. The van der Waals surface area contributed by atoms with Crippen LogP contribution >= 0.6 is 0 Å². The topological polar surface area (TPSA) is 26.3 Å². The molecule has 1 aromatic carbocycles. The number of alkyl halides is 3. The van der Waals surface area contributed by atoms with E-state index < -0.39 is 30.1 Å². The minimum absolute atomic E-state index is 0.301. The molecule has 0 radical (unpaired) electrons. The van der Waals surface area contributed by atoms with Crippen LogP contribution in [0.15, 0.2) is 18.2 Å². The van der Waals surface area contributed by atoms with Crippen molar-refractivity contribution < 1.29 is 27.1 Å². The van der Waals surface area contributed by atoms with Gasteiger partial charge in [-0.05, 0) is 6.07 Å². The zero-order valence-electron chi connectivity index (χ0n) is 8.27. The highest BCUT2D eigenvalue weighted by atomic mass is 19.4. The fraction of sp³-hybridized carbons (Fsp3) is 0.300. The predicted molar refractivity (Wildman–Crippen MR) is 46.9 cm³/mol. The molecule has 0 spiro atoms. The molecule has 0 saturated carbocycles. The summed E-state index contributed by atoms with van der Waals surface area (Å²) >= 11 is 0. The summed E-state index contributed by atoms with van der Waals surface area (Å²) in [5.41, 5.74) is -1.66. The Morgan fingerprint density at radius 3 is 2.50 bits per heavy atom. The molecule has 0 aliphatic heterocycles. The molecular formula is C10H8F4O2. The molecule has 0 atom stereocenters. The maximum Gasteiger partial charge on any atom is 0.419 e. The first-order valence-corrected chi connectivity index (χ1v) is 4.30. The van der Waals surface area contributed by atoms with Gasteiger partial charge in [-0.2, -0.15) is 13.2 Å². The van der Waals surface area contributed by atoms with E-state index in [0.29, 0.717) is 6.07 Å². The smallest absolute Gasteiger partial charge is 0.419 e. The SMILES string of the molecule is CC(=O)OCc1cccc(C(F)(F)F)c1F. The van der Waals surface area contributed by atoms with Gasteiger partial charge in [-0.25, -0.2) is 4.39 Å². The minimum atomic E-state index is -4.75. The van der Waals surface area contributed by atoms with E-state index in [0.717, 1.165) is 19.1 Å². The molecule has 0 unspecified atom stereocenters. The van der Waals surface area contributed by atoms with Crippen LogP contribution in [0, 0.1) is 5.82 Å². The minimum Gasteiger partial charge on any atom is -0.461 e. The first-order valence-electron chi connectivity index (χ1n) is 4.30. The second-order valence-electron chi connectivity index (χ2n) is 3.06. The number of halogens is 4. The van der Waals surface area contributed by atoms with Gasteiger partial charge in [-0.1, -0.05) is 12.1 Å². The molecule has 0 bridgehead atoms. The van der Waals surface area contributed by atoms with E-state index in [9.17, 15) is 22.4 Å². The van der Waals surface area contributed by atoms with E-state index in [2.05, 4.69) is 4.74 Å². The van der Waals surface area contributed by atoms with Gasteiger partial charge in [0.2, 0.25) is 0 Å². The zero-order chi connectivity index (χ0) is 12.3. The number of esters is 1. The van der Waals surface area contributed by atoms with Crippen LogP contribution in [0.3, 0.4) is 0 Å². The predicted octanol–water partition coefficient (Wildman–Crippen LogP) is 2.91. The summed E-state index contributed by atoms with van der Waals surface area (Å²) in [5.74, 6) is -2.09. The lowest BCUT2D eigenvalue weighted by atomic mass is 10.1. The Labute approximate surface area is 88.8 Å². The van der Waals surface area contributed by atoms with Gasteiger partial charge in [-0.15, -0.1) is 0 Å². The molecule has 1 aromatic rings. The Kier molecular flexibility index (Phi) is 3.51. The van der Waals surface area contributed by atoms with Crippen LogP contribution in [-0.4, -0.2) is 5.97 Å². The number of carbonyl (C=O) groups is 1. The van der Waals surface area contributed by atoms with E-state index in [4.69, 9.17) is 0 Å². The lowest BCUT2D eigenvalue weighted by Crippen LogP contribution is -2.11. The number of hydrogen-bond acceptors (Lipinski definition) is 2. The van der Waals surface area contributed by atoms with Crippen molar-refractivity contribution >= 4 is 5.97 Å². The Balaban J connectivity index is 3.00. The van der Waals surface area contributed by atoms with E-state index in [1.54, 1.807) is 0 Å². The van der Waals surface area contributed by atoms with Crippen LogP contribution in [0.1, 0.15) is 18.1 Å². The van der Waals surface area contributed by atoms with Crippen LogP contribution in [-0.2, 0) is 22.3 Å². The summed E-state index contributed by atoms with van der Waals surface area (Å²) < 4.78 is 54.6. The molecule has 0 N–H and O–H groups in total. The highest BCUT2D eigenvalue weighted by Crippen LogP contribution is 2.32. The molecular weight excluding hydrogens is 228 g/mol. The van der Waals surface area contributed by atoms with Crippen molar-refractivity contribution in [3.63, 3.8) is 0 Å². The standard InChI is InChI=1S/C10H8F4O2/c1-6(15)16-5-7-3-2-4-8(9(7)11)10(12,13)14/h2-4H,5H2,1H3. The van der Waals surface area contributed by atoms with E-state index >= 15 is 0 Å². The zero-order valence-corrected chi connectivity index (χ0v) is 8.27. The van der Waals surface area contributed by atoms with Crippen LogP contribution in [0.4, 0.5) is 17.6 Å². The fourth-order valence-electron chi connectivity index (χ4n) is 1.09. The highest BCUT2D eigenvalue weighted by Gasteiger charge is 2.34. The van der Waals surface area contributed by atoms with Crippen LogP contribution in [0.2, 0.25) is 0 Å². The number of benzene rings is 1. The van der Waals surface area contributed by atoms with Crippen LogP contribution in [0.5, 0.6) is 0 Å². The van der Waals surface area contributed by atoms with Gasteiger partial charge in [0.1, 0.15) is 12.4 Å². The summed E-state index contributed by atoms with van der Waals surface area (Å²) in [5, 5.41) is 0. The average Bonchev–Trinajstić information content (AvgIpc) is 2.14. The third-order valence-corrected chi connectivity index (χ3v) is 1.82. The summed E-state index contributed by atoms with van der Waals surface area (Å²) in [6.07, 6.45) is -4.75. The third-order valence-electron chi connectivity index (χ3n) is 1.82. The molecule has 1 rings (SSSR count). The van der Waals surface area contributed by atoms with E-state index in [1.807, 2.05) is 0 Å². The normalized spacial score (nSPS) is 11.3. The van der Waals surface area contributed by atoms with Gasteiger partial charge in [-0.3, -0.25) is 4.79 Å². The van der Waals surface area contributed by atoms with Crippen LogP contribution in [0.25, 0.3) is 0 Å². The number of hydrogen-bond donors (Lipinski definition) is 0.